The third-order valence-electron chi connectivity index (χ3n) is 5.60. The molecule has 1 aliphatic rings. The van der Waals surface area contributed by atoms with E-state index in [0.717, 1.165) is 26.1 Å². The molecule has 1 saturated heterocycles. The largest absolute Gasteiger partial charge is 0.493 e. The highest BCUT2D eigenvalue weighted by molar-refractivity contribution is 9.10. The molecule has 0 aromatic heterocycles. The second kappa shape index (κ2) is 10.7. The average molecular weight is 614 g/mol. The molecular weight excluding hydrogens is 592 g/mol. The third-order valence-corrected chi connectivity index (χ3v) is 7.18. The Bertz CT molecular complexity index is 1400. The number of nitrogens with zero attached hydrogens (tertiary/aromatic N) is 1. The minimum absolute atomic E-state index is 0.189. The van der Waals surface area contributed by atoms with E-state index in [9.17, 15) is 14.4 Å². The summed E-state index contributed by atoms with van der Waals surface area (Å²) in [6.45, 7) is 4.20. The molecule has 1 fully saturated rings. The molecule has 3 aromatic carbocycles. The molecule has 0 bridgehead atoms. The van der Waals surface area contributed by atoms with Crippen LogP contribution in [0.4, 0.5) is 10.5 Å². The number of aryl methyl sites for hydroxylation is 2. The molecule has 0 unspecified atom stereocenters. The van der Waals surface area contributed by atoms with Crippen LogP contribution in [0.2, 0.25) is 0 Å². The number of halogens is 2. The van der Waals surface area contributed by atoms with Crippen LogP contribution in [0.15, 0.2) is 69.1 Å². The number of imide groups is 2. The predicted octanol–water partition coefficient (Wildman–Crippen LogP) is 6.08. The molecule has 0 saturated carbocycles. The Balaban J connectivity index is 1.64. The molecule has 4 amide bonds. The van der Waals surface area contributed by atoms with Gasteiger partial charge in [0.05, 0.1) is 12.8 Å². The monoisotopic (exact) mass is 612 g/mol. The summed E-state index contributed by atoms with van der Waals surface area (Å²) >= 11 is 6.90. The van der Waals surface area contributed by atoms with Gasteiger partial charge in [0.2, 0.25) is 0 Å². The van der Waals surface area contributed by atoms with Gasteiger partial charge in [-0.15, -0.1) is 0 Å². The summed E-state index contributed by atoms with van der Waals surface area (Å²) < 4.78 is 12.9. The van der Waals surface area contributed by atoms with Crippen molar-refractivity contribution in [1.29, 1.82) is 0 Å². The van der Waals surface area contributed by atoms with Gasteiger partial charge in [0.1, 0.15) is 12.2 Å². The molecular formula is C27H22Br2N2O5. The summed E-state index contributed by atoms with van der Waals surface area (Å²) in [7, 11) is 1.51. The highest BCUT2D eigenvalue weighted by Gasteiger charge is 2.37. The maximum absolute atomic E-state index is 13.3. The quantitative estimate of drug-likeness (QED) is 0.269. The lowest BCUT2D eigenvalue weighted by Crippen LogP contribution is -2.54. The van der Waals surface area contributed by atoms with Crippen molar-refractivity contribution in [2.45, 2.75) is 20.5 Å². The Kier molecular flexibility index (Phi) is 7.61. The first-order valence-corrected chi connectivity index (χ1v) is 12.5. The number of benzene rings is 3. The van der Waals surface area contributed by atoms with E-state index < -0.39 is 17.8 Å². The smallest absolute Gasteiger partial charge is 0.335 e. The summed E-state index contributed by atoms with van der Waals surface area (Å²) in [6, 6.07) is 15.6. The highest BCUT2D eigenvalue weighted by Crippen LogP contribution is 2.36. The average Bonchev–Trinajstić information content (AvgIpc) is 2.84. The van der Waals surface area contributed by atoms with Gasteiger partial charge in [0.15, 0.2) is 11.5 Å². The SMILES string of the molecule is COc1cc(/C=C2\C(=O)NC(=O)N(c3ccc(Br)c(C)c3)C2=O)c(Br)cc1OCc1ccc(C)cc1. The zero-order chi connectivity index (χ0) is 26.0. The normalized spacial score (nSPS) is 14.8. The van der Waals surface area contributed by atoms with Gasteiger partial charge < -0.3 is 9.47 Å². The fraction of sp³-hybridized carbons (Fsp3) is 0.148. The molecule has 1 aliphatic heterocycles. The fourth-order valence-electron chi connectivity index (χ4n) is 3.59. The number of urea groups is 1. The summed E-state index contributed by atoms with van der Waals surface area (Å²) in [6.07, 6.45) is 1.42. The number of carbonyl (C=O) groups excluding carboxylic acids is 3. The number of hydrogen-bond acceptors (Lipinski definition) is 5. The molecule has 4 rings (SSSR count). The number of methoxy groups -OCH3 is 1. The molecule has 0 spiro atoms. The molecule has 0 radical (unpaired) electrons. The Hall–Kier alpha value is -3.43. The number of barbiturate groups is 1. The molecule has 9 heteroatoms. The number of ether oxygens (including phenoxy) is 2. The lowest BCUT2D eigenvalue weighted by Gasteiger charge is -2.27. The zero-order valence-electron chi connectivity index (χ0n) is 19.7. The number of rotatable bonds is 6. The van der Waals surface area contributed by atoms with Gasteiger partial charge in [-0.2, -0.15) is 0 Å². The van der Waals surface area contributed by atoms with Crippen molar-refractivity contribution in [3.8, 4) is 11.5 Å². The van der Waals surface area contributed by atoms with Crippen molar-refractivity contribution < 1.29 is 23.9 Å². The Morgan fingerprint density at radius 2 is 1.64 bits per heavy atom. The summed E-state index contributed by atoms with van der Waals surface area (Å²) in [5.74, 6) is -0.581. The number of nitrogens with one attached hydrogen (secondary N) is 1. The Labute approximate surface area is 225 Å². The van der Waals surface area contributed by atoms with Crippen LogP contribution in [0.1, 0.15) is 22.3 Å². The highest BCUT2D eigenvalue weighted by atomic mass is 79.9. The zero-order valence-corrected chi connectivity index (χ0v) is 22.9. The van der Waals surface area contributed by atoms with E-state index in [4.69, 9.17) is 9.47 Å². The summed E-state index contributed by atoms with van der Waals surface area (Å²) in [5.41, 5.74) is 3.67. The molecule has 7 nitrogen and oxygen atoms in total. The van der Waals surface area contributed by atoms with Crippen molar-refractivity contribution in [1.82, 2.24) is 5.32 Å². The van der Waals surface area contributed by atoms with Gasteiger partial charge >= 0.3 is 6.03 Å². The van der Waals surface area contributed by atoms with Crippen molar-refractivity contribution in [3.05, 3.63) is 91.4 Å². The second-order valence-electron chi connectivity index (χ2n) is 8.19. The van der Waals surface area contributed by atoms with E-state index in [2.05, 4.69) is 37.2 Å². The third kappa shape index (κ3) is 5.37. The molecule has 3 aromatic rings. The maximum Gasteiger partial charge on any atom is 0.335 e. The van der Waals surface area contributed by atoms with E-state index in [-0.39, 0.29) is 5.57 Å². The van der Waals surface area contributed by atoms with Crippen LogP contribution < -0.4 is 19.7 Å². The lowest BCUT2D eigenvalue weighted by molar-refractivity contribution is -0.122. The predicted molar refractivity (Wildman–Crippen MR) is 144 cm³/mol. The molecule has 0 aliphatic carbocycles. The molecule has 184 valence electrons. The first kappa shape index (κ1) is 25.7. The van der Waals surface area contributed by atoms with Crippen molar-refractivity contribution in [2.24, 2.45) is 0 Å². The standard InChI is InChI=1S/C27H22Br2N2O5/c1-15-4-6-17(7-5-15)14-36-24-13-22(29)18(12-23(24)35-3)11-20-25(32)30-27(34)31(26(20)33)19-8-9-21(28)16(2)10-19/h4-13H,14H2,1-3H3,(H,30,32,34)/b20-11+. The van der Waals surface area contributed by atoms with Gasteiger partial charge in [-0.1, -0.05) is 61.7 Å². The minimum atomic E-state index is -0.805. The summed E-state index contributed by atoms with van der Waals surface area (Å²) in [4.78, 5) is 39.3. The van der Waals surface area contributed by atoms with Gasteiger partial charge in [0, 0.05) is 8.95 Å². The number of anilines is 1. The number of hydrogen-bond donors (Lipinski definition) is 1. The molecule has 0 atom stereocenters. The van der Waals surface area contributed by atoms with Gasteiger partial charge in [-0.25, -0.2) is 9.69 Å². The first-order valence-electron chi connectivity index (χ1n) is 10.9. The van der Waals surface area contributed by atoms with E-state index >= 15 is 0 Å². The van der Waals surface area contributed by atoms with Crippen LogP contribution in [0, 0.1) is 13.8 Å². The van der Waals surface area contributed by atoms with E-state index in [1.165, 1.54) is 13.2 Å². The first-order chi connectivity index (χ1) is 17.2. The Morgan fingerprint density at radius 3 is 2.31 bits per heavy atom. The van der Waals surface area contributed by atoms with Crippen molar-refractivity contribution in [3.63, 3.8) is 0 Å². The van der Waals surface area contributed by atoms with Crippen LogP contribution in [0.25, 0.3) is 6.08 Å². The molecule has 36 heavy (non-hydrogen) atoms. The van der Waals surface area contributed by atoms with Crippen molar-refractivity contribution >= 4 is 61.5 Å². The van der Waals surface area contributed by atoms with Gasteiger partial charge in [-0.3, -0.25) is 14.9 Å². The van der Waals surface area contributed by atoms with Gasteiger partial charge in [0.25, 0.3) is 11.8 Å². The minimum Gasteiger partial charge on any atom is -0.493 e. The number of amides is 4. The van der Waals surface area contributed by atoms with E-state index in [1.54, 1.807) is 30.3 Å². The van der Waals surface area contributed by atoms with Crippen LogP contribution in [0.3, 0.4) is 0 Å². The fourth-order valence-corrected chi connectivity index (χ4v) is 4.28. The van der Waals surface area contributed by atoms with Crippen LogP contribution >= 0.6 is 31.9 Å². The van der Waals surface area contributed by atoms with Gasteiger partial charge in [-0.05, 0) is 66.9 Å². The lowest BCUT2D eigenvalue weighted by atomic mass is 10.1. The van der Waals surface area contributed by atoms with Crippen LogP contribution in [0.5, 0.6) is 11.5 Å². The van der Waals surface area contributed by atoms with Crippen molar-refractivity contribution in [2.75, 3.05) is 12.0 Å². The number of carbonyl (C=O) groups is 3. The Morgan fingerprint density at radius 1 is 0.917 bits per heavy atom. The van der Waals surface area contributed by atoms with E-state index in [0.29, 0.717) is 33.8 Å². The van der Waals surface area contributed by atoms with Crippen LogP contribution in [-0.2, 0) is 16.2 Å². The maximum atomic E-state index is 13.3. The topological polar surface area (TPSA) is 84.9 Å². The summed E-state index contributed by atoms with van der Waals surface area (Å²) in [5, 5.41) is 2.24. The van der Waals surface area contributed by atoms with E-state index in [1.807, 2.05) is 38.1 Å². The molecule has 1 N–H and O–H groups in total. The van der Waals surface area contributed by atoms with Crippen LogP contribution in [-0.4, -0.2) is 25.0 Å². The molecule has 1 heterocycles. The second-order valence-corrected chi connectivity index (χ2v) is 9.90.